The summed E-state index contributed by atoms with van der Waals surface area (Å²) in [6.45, 7) is 0. The minimum Gasteiger partial charge on any atom is -0.504 e. The van der Waals surface area contributed by atoms with Crippen molar-refractivity contribution in [2.45, 2.75) is 0 Å². The number of phenolic OH excluding ortho intramolecular Hbond substituents is 1. The van der Waals surface area contributed by atoms with Gasteiger partial charge in [-0.1, -0.05) is 6.07 Å². The number of aromatic hydroxyl groups is 1. The number of phenols is 1. The van der Waals surface area contributed by atoms with Crippen LogP contribution in [0.1, 0.15) is 10.5 Å². The zero-order valence-electron chi connectivity index (χ0n) is 17.4. The molecular formula is C21H19N5O6. The molecule has 2 heterocycles. The van der Waals surface area contributed by atoms with Gasteiger partial charge in [0, 0.05) is 6.07 Å². The van der Waals surface area contributed by atoms with E-state index in [9.17, 15) is 14.7 Å². The maximum absolute atomic E-state index is 12.8. The summed E-state index contributed by atoms with van der Waals surface area (Å²) in [6.07, 6.45) is 0. The van der Waals surface area contributed by atoms with E-state index in [1.165, 1.54) is 25.9 Å². The first kappa shape index (κ1) is 20.7. The van der Waals surface area contributed by atoms with Gasteiger partial charge in [0.05, 0.1) is 32.6 Å². The van der Waals surface area contributed by atoms with Gasteiger partial charge in [-0.2, -0.15) is 0 Å². The second kappa shape index (κ2) is 7.95. The molecule has 11 heteroatoms. The minimum atomic E-state index is -0.873. The molecule has 0 radical (unpaired) electrons. The van der Waals surface area contributed by atoms with Crippen LogP contribution in [0.2, 0.25) is 0 Å². The molecule has 4 aromatic rings. The lowest BCUT2D eigenvalue weighted by Crippen LogP contribution is -2.15. The van der Waals surface area contributed by atoms with Crippen LogP contribution in [0.25, 0.3) is 28.2 Å². The SMILES string of the molecule is COc1ccc(-n2c(=O)[nH]c3c(C(N)=O)nc(-c4cccc(OC)c4O)nc32)cc1OC. The van der Waals surface area contributed by atoms with Gasteiger partial charge in [0.2, 0.25) is 0 Å². The van der Waals surface area contributed by atoms with Gasteiger partial charge in [-0.15, -0.1) is 0 Å². The fourth-order valence-corrected chi connectivity index (χ4v) is 3.35. The molecule has 0 aliphatic carbocycles. The lowest BCUT2D eigenvalue weighted by atomic mass is 10.1. The van der Waals surface area contributed by atoms with Crippen molar-refractivity contribution in [2.24, 2.45) is 5.73 Å². The van der Waals surface area contributed by atoms with Crippen molar-refractivity contribution in [2.75, 3.05) is 21.3 Å². The summed E-state index contributed by atoms with van der Waals surface area (Å²) < 4.78 is 16.9. The Bertz CT molecular complexity index is 1410. The predicted molar refractivity (Wildman–Crippen MR) is 115 cm³/mol. The fourth-order valence-electron chi connectivity index (χ4n) is 3.35. The van der Waals surface area contributed by atoms with Gasteiger partial charge >= 0.3 is 5.69 Å². The normalized spacial score (nSPS) is 10.8. The van der Waals surface area contributed by atoms with Crippen molar-refractivity contribution < 1.29 is 24.1 Å². The summed E-state index contributed by atoms with van der Waals surface area (Å²) in [5.41, 5.74) is 5.48. The Balaban J connectivity index is 2.04. The van der Waals surface area contributed by atoms with Gasteiger partial charge in [-0.25, -0.2) is 19.3 Å². The van der Waals surface area contributed by atoms with Crippen molar-refractivity contribution in [1.29, 1.82) is 0 Å². The van der Waals surface area contributed by atoms with E-state index in [1.807, 2.05) is 0 Å². The first-order valence-electron chi connectivity index (χ1n) is 9.30. The number of para-hydroxylation sites is 1. The number of imidazole rings is 1. The van der Waals surface area contributed by atoms with Gasteiger partial charge in [-0.05, 0) is 24.3 Å². The number of H-pyrrole nitrogens is 1. The predicted octanol–water partition coefficient (Wildman–Crippen LogP) is 1.61. The molecule has 2 aromatic heterocycles. The van der Waals surface area contributed by atoms with Crippen molar-refractivity contribution >= 4 is 17.1 Å². The van der Waals surface area contributed by atoms with Gasteiger partial charge in [0.25, 0.3) is 5.91 Å². The van der Waals surface area contributed by atoms with E-state index in [-0.39, 0.29) is 39.7 Å². The van der Waals surface area contributed by atoms with Crippen molar-refractivity contribution in [3.63, 3.8) is 0 Å². The van der Waals surface area contributed by atoms with E-state index in [0.29, 0.717) is 17.2 Å². The average Bonchev–Trinajstić information content (AvgIpc) is 3.13. The monoisotopic (exact) mass is 437 g/mol. The number of benzene rings is 2. The quantitative estimate of drug-likeness (QED) is 0.411. The maximum atomic E-state index is 12.8. The number of methoxy groups -OCH3 is 3. The molecule has 0 aliphatic heterocycles. The maximum Gasteiger partial charge on any atom is 0.332 e. The lowest BCUT2D eigenvalue weighted by molar-refractivity contribution is 0.0997. The number of hydrogen-bond donors (Lipinski definition) is 3. The molecular weight excluding hydrogens is 418 g/mol. The van der Waals surface area contributed by atoms with Crippen molar-refractivity contribution in [3.05, 3.63) is 52.6 Å². The minimum absolute atomic E-state index is 0.0177. The molecule has 4 N–H and O–H groups in total. The van der Waals surface area contributed by atoms with Crippen LogP contribution in [-0.2, 0) is 0 Å². The molecule has 0 saturated heterocycles. The van der Waals surface area contributed by atoms with Crippen LogP contribution in [0.4, 0.5) is 0 Å². The fraction of sp³-hybridized carbons (Fsp3) is 0.143. The number of primary amides is 1. The number of aromatic nitrogens is 4. The topological polar surface area (TPSA) is 155 Å². The van der Waals surface area contributed by atoms with E-state index in [2.05, 4.69) is 15.0 Å². The number of nitrogens with one attached hydrogen (secondary N) is 1. The Morgan fingerprint density at radius 2 is 1.75 bits per heavy atom. The Labute approximate surface area is 181 Å². The lowest BCUT2D eigenvalue weighted by Gasteiger charge is -2.11. The zero-order valence-corrected chi connectivity index (χ0v) is 17.4. The number of carbonyl (C=O) groups excluding carboxylic acids is 1. The molecule has 0 aliphatic rings. The molecule has 2 aromatic carbocycles. The Hall–Kier alpha value is -4.54. The number of rotatable bonds is 6. The standard InChI is InChI=1S/C21H19N5O6/c1-30-12-8-7-10(9-14(12)32-3)26-20-16(24-21(26)29)15(18(22)28)23-19(25-20)11-5-4-6-13(31-2)17(11)27/h4-9,27H,1-3H3,(H2,22,28)(H,24,29). The van der Waals surface area contributed by atoms with E-state index in [1.54, 1.807) is 36.4 Å². The summed E-state index contributed by atoms with van der Waals surface area (Å²) in [5.74, 6) is -0.0594. The number of amides is 1. The molecule has 0 atom stereocenters. The Morgan fingerprint density at radius 3 is 2.41 bits per heavy atom. The average molecular weight is 437 g/mol. The number of nitrogens with zero attached hydrogens (tertiary/aromatic N) is 3. The van der Waals surface area contributed by atoms with Gasteiger partial charge < -0.3 is 30.0 Å². The third-order valence-corrected chi connectivity index (χ3v) is 4.86. The summed E-state index contributed by atoms with van der Waals surface area (Å²) in [7, 11) is 4.36. The van der Waals surface area contributed by atoms with Crippen LogP contribution in [0.5, 0.6) is 23.0 Å². The number of nitrogens with two attached hydrogens (primary N) is 1. The first-order chi connectivity index (χ1) is 15.4. The highest BCUT2D eigenvalue weighted by Gasteiger charge is 2.22. The van der Waals surface area contributed by atoms with Crippen LogP contribution in [-0.4, -0.2) is 51.9 Å². The largest absolute Gasteiger partial charge is 0.504 e. The summed E-state index contributed by atoms with van der Waals surface area (Å²) in [6, 6.07) is 9.58. The molecule has 0 unspecified atom stereocenters. The molecule has 0 saturated carbocycles. The number of carbonyl (C=O) groups is 1. The second-order valence-corrected chi connectivity index (χ2v) is 6.62. The summed E-state index contributed by atoms with van der Waals surface area (Å²) >= 11 is 0. The number of aromatic amines is 1. The van der Waals surface area contributed by atoms with Crippen LogP contribution >= 0.6 is 0 Å². The third-order valence-electron chi connectivity index (χ3n) is 4.86. The van der Waals surface area contributed by atoms with E-state index >= 15 is 0 Å². The van der Waals surface area contributed by atoms with Crippen LogP contribution in [0, 0.1) is 0 Å². The first-order valence-corrected chi connectivity index (χ1v) is 9.30. The molecule has 0 fully saturated rings. The number of ether oxygens (including phenoxy) is 3. The Morgan fingerprint density at radius 1 is 1.03 bits per heavy atom. The zero-order chi connectivity index (χ0) is 23.0. The van der Waals surface area contributed by atoms with E-state index < -0.39 is 11.6 Å². The molecule has 1 amide bonds. The number of hydrogen-bond acceptors (Lipinski definition) is 8. The van der Waals surface area contributed by atoms with Crippen LogP contribution in [0.15, 0.2) is 41.2 Å². The van der Waals surface area contributed by atoms with Gasteiger partial charge in [-0.3, -0.25) is 4.79 Å². The molecule has 4 rings (SSSR count). The van der Waals surface area contributed by atoms with Gasteiger partial charge in [0.1, 0.15) is 5.52 Å². The highest BCUT2D eigenvalue weighted by molar-refractivity contribution is 6.02. The molecule has 164 valence electrons. The molecule has 0 bridgehead atoms. The van der Waals surface area contributed by atoms with Gasteiger partial charge in [0.15, 0.2) is 40.2 Å². The summed E-state index contributed by atoms with van der Waals surface area (Å²) in [5, 5.41) is 10.5. The van der Waals surface area contributed by atoms with Crippen LogP contribution in [0.3, 0.4) is 0 Å². The third kappa shape index (κ3) is 3.25. The second-order valence-electron chi connectivity index (χ2n) is 6.62. The van der Waals surface area contributed by atoms with E-state index in [4.69, 9.17) is 19.9 Å². The highest BCUT2D eigenvalue weighted by Crippen LogP contribution is 2.36. The number of fused-ring (bicyclic) bond motifs is 1. The summed E-state index contributed by atoms with van der Waals surface area (Å²) in [4.78, 5) is 36.2. The molecule has 32 heavy (non-hydrogen) atoms. The van der Waals surface area contributed by atoms with E-state index in [0.717, 1.165) is 0 Å². The molecule has 0 spiro atoms. The van der Waals surface area contributed by atoms with Crippen LogP contribution < -0.4 is 25.6 Å². The van der Waals surface area contributed by atoms with Crippen molar-refractivity contribution in [3.8, 4) is 40.1 Å². The highest BCUT2D eigenvalue weighted by atomic mass is 16.5. The smallest absolute Gasteiger partial charge is 0.332 e. The molecule has 11 nitrogen and oxygen atoms in total. The Kier molecular flexibility index (Phi) is 5.15. The van der Waals surface area contributed by atoms with Crippen molar-refractivity contribution in [1.82, 2.24) is 19.5 Å².